The van der Waals surface area contributed by atoms with Crippen molar-refractivity contribution in [1.29, 1.82) is 0 Å². The van der Waals surface area contributed by atoms with Crippen molar-refractivity contribution in [3.05, 3.63) is 36.8 Å². The number of nitrogens with zero attached hydrogens (tertiary/aromatic N) is 3. The van der Waals surface area contributed by atoms with Gasteiger partial charge in [0.05, 0.1) is 10.9 Å². The van der Waals surface area contributed by atoms with Gasteiger partial charge in [-0.25, -0.2) is 0 Å². The maximum Gasteiger partial charge on any atom is 0.0568 e. The zero-order chi connectivity index (χ0) is 10.3. The molecule has 0 aliphatic carbocycles. The Morgan fingerprint density at radius 3 is 3.00 bits per heavy atom. The number of hydrogen-bond donors (Lipinski definition) is 0. The summed E-state index contributed by atoms with van der Waals surface area (Å²) in [5.74, 6) is 0. The fourth-order valence-corrected chi connectivity index (χ4v) is 2.38. The number of rotatable bonds is 1. The van der Waals surface area contributed by atoms with Gasteiger partial charge in [0.2, 0.25) is 0 Å². The van der Waals surface area contributed by atoms with Crippen LogP contribution >= 0.6 is 11.5 Å². The Kier molecular flexibility index (Phi) is 1.82. The quantitative estimate of drug-likeness (QED) is 0.625. The maximum absolute atomic E-state index is 4.21. The number of aromatic nitrogens is 3. The summed E-state index contributed by atoms with van der Waals surface area (Å²) >= 11 is 1.53. The molecule has 0 N–H and O–H groups in total. The van der Waals surface area contributed by atoms with Crippen molar-refractivity contribution in [2.24, 2.45) is 7.05 Å². The van der Waals surface area contributed by atoms with E-state index < -0.39 is 0 Å². The van der Waals surface area contributed by atoms with E-state index in [1.165, 1.54) is 27.2 Å². The number of fused-ring (bicyclic) bond motifs is 1. The predicted molar refractivity (Wildman–Crippen MR) is 61.8 cm³/mol. The van der Waals surface area contributed by atoms with Crippen LogP contribution in [0.1, 0.15) is 0 Å². The summed E-state index contributed by atoms with van der Waals surface area (Å²) in [5, 5.41) is 5.39. The number of hydrogen-bond acceptors (Lipinski definition) is 3. The standard InChI is InChI=1S/C11H9N3S/c1-14-7-8(5-12-14)9-3-2-4-11-10(9)6-13-15-11/h2-7H,1H3. The molecule has 0 amide bonds. The Hall–Kier alpha value is -1.68. The minimum Gasteiger partial charge on any atom is -0.275 e. The van der Waals surface area contributed by atoms with Gasteiger partial charge in [0, 0.05) is 30.4 Å². The molecule has 4 heteroatoms. The molecule has 74 valence electrons. The minimum absolute atomic E-state index is 1.14. The molecular formula is C11H9N3S. The monoisotopic (exact) mass is 215 g/mol. The highest BCUT2D eigenvalue weighted by atomic mass is 32.1. The van der Waals surface area contributed by atoms with Crippen molar-refractivity contribution in [2.45, 2.75) is 0 Å². The zero-order valence-corrected chi connectivity index (χ0v) is 9.03. The second kappa shape index (κ2) is 3.17. The topological polar surface area (TPSA) is 30.7 Å². The van der Waals surface area contributed by atoms with Crippen LogP contribution in [0.3, 0.4) is 0 Å². The van der Waals surface area contributed by atoms with Gasteiger partial charge in [-0.2, -0.15) is 9.47 Å². The molecule has 0 bridgehead atoms. The first-order valence-corrected chi connectivity index (χ1v) is 5.44. The van der Waals surface area contributed by atoms with E-state index in [4.69, 9.17) is 0 Å². The normalized spacial score (nSPS) is 11.0. The molecule has 0 aliphatic heterocycles. The van der Waals surface area contributed by atoms with Crippen molar-refractivity contribution >= 4 is 21.6 Å². The first-order valence-electron chi connectivity index (χ1n) is 4.67. The highest BCUT2D eigenvalue weighted by Gasteiger charge is 2.06. The van der Waals surface area contributed by atoms with Gasteiger partial charge in [-0.1, -0.05) is 12.1 Å². The molecule has 3 aromatic rings. The summed E-state index contributed by atoms with van der Waals surface area (Å²) in [4.78, 5) is 0. The number of benzene rings is 1. The highest BCUT2D eigenvalue weighted by Crippen LogP contribution is 2.29. The third-order valence-electron chi connectivity index (χ3n) is 2.41. The summed E-state index contributed by atoms with van der Waals surface area (Å²) in [6.07, 6.45) is 5.82. The van der Waals surface area contributed by atoms with E-state index in [0.717, 1.165) is 5.56 Å². The molecule has 3 nitrogen and oxygen atoms in total. The Balaban J connectivity index is 2.30. The smallest absolute Gasteiger partial charge is 0.0568 e. The lowest BCUT2D eigenvalue weighted by Gasteiger charge is -1.97. The Morgan fingerprint density at radius 1 is 1.27 bits per heavy atom. The van der Waals surface area contributed by atoms with Gasteiger partial charge in [-0.15, -0.1) is 0 Å². The first-order chi connectivity index (χ1) is 7.34. The van der Waals surface area contributed by atoms with Crippen molar-refractivity contribution < 1.29 is 0 Å². The van der Waals surface area contributed by atoms with E-state index in [1.54, 1.807) is 0 Å². The van der Waals surface area contributed by atoms with Crippen LogP contribution in [0.2, 0.25) is 0 Å². The maximum atomic E-state index is 4.21. The molecule has 0 spiro atoms. The van der Waals surface area contributed by atoms with Gasteiger partial charge in [0.25, 0.3) is 0 Å². The van der Waals surface area contributed by atoms with E-state index in [9.17, 15) is 0 Å². The van der Waals surface area contributed by atoms with Crippen molar-refractivity contribution in [3.63, 3.8) is 0 Å². The molecule has 3 rings (SSSR count). The summed E-state index contributed by atoms with van der Waals surface area (Å²) < 4.78 is 7.24. The van der Waals surface area contributed by atoms with Gasteiger partial charge in [0.15, 0.2) is 0 Å². The second-order valence-corrected chi connectivity index (χ2v) is 4.28. The van der Waals surface area contributed by atoms with E-state index in [1.807, 2.05) is 30.3 Å². The minimum atomic E-state index is 1.14. The van der Waals surface area contributed by atoms with E-state index in [0.29, 0.717) is 0 Å². The van der Waals surface area contributed by atoms with E-state index >= 15 is 0 Å². The fourth-order valence-electron chi connectivity index (χ4n) is 1.70. The Morgan fingerprint density at radius 2 is 2.20 bits per heavy atom. The summed E-state index contributed by atoms with van der Waals surface area (Å²) in [5.41, 5.74) is 2.35. The van der Waals surface area contributed by atoms with Crippen LogP contribution < -0.4 is 0 Å². The molecule has 0 saturated carbocycles. The van der Waals surface area contributed by atoms with Crippen LogP contribution in [0.5, 0.6) is 0 Å². The van der Waals surface area contributed by atoms with Crippen molar-refractivity contribution in [3.8, 4) is 11.1 Å². The average molecular weight is 215 g/mol. The summed E-state index contributed by atoms with van der Waals surface area (Å²) in [6, 6.07) is 6.25. The molecule has 0 saturated heterocycles. The van der Waals surface area contributed by atoms with Gasteiger partial charge in [-0.3, -0.25) is 4.68 Å². The average Bonchev–Trinajstić information content (AvgIpc) is 2.84. The molecule has 2 aromatic heterocycles. The second-order valence-electron chi connectivity index (χ2n) is 3.45. The summed E-state index contributed by atoms with van der Waals surface area (Å²) in [7, 11) is 1.93. The lowest BCUT2D eigenvalue weighted by atomic mass is 10.1. The van der Waals surface area contributed by atoms with E-state index in [2.05, 4.69) is 27.7 Å². The predicted octanol–water partition coefficient (Wildman–Crippen LogP) is 2.70. The van der Waals surface area contributed by atoms with Gasteiger partial charge in [-0.05, 0) is 23.2 Å². The molecule has 15 heavy (non-hydrogen) atoms. The summed E-state index contributed by atoms with van der Waals surface area (Å²) in [6.45, 7) is 0. The third-order valence-corrected chi connectivity index (χ3v) is 3.18. The third kappa shape index (κ3) is 1.34. The molecule has 0 aliphatic rings. The molecule has 0 radical (unpaired) electrons. The van der Waals surface area contributed by atoms with Crippen LogP contribution in [-0.4, -0.2) is 14.2 Å². The SMILES string of the molecule is Cn1cc(-c2cccc3sncc23)cn1. The van der Waals surface area contributed by atoms with Crippen LogP contribution in [0, 0.1) is 0 Å². The van der Waals surface area contributed by atoms with Gasteiger partial charge < -0.3 is 0 Å². The Labute approximate surface area is 91.1 Å². The van der Waals surface area contributed by atoms with E-state index in [-0.39, 0.29) is 0 Å². The van der Waals surface area contributed by atoms with Crippen LogP contribution in [0.15, 0.2) is 36.8 Å². The molecule has 0 atom stereocenters. The highest BCUT2D eigenvalue weighted by molar-refractivity contribution is 7.13. The molecule has 2 heterocycles. The largest absolute Gasteiger partial charge is 0.275 e. The van der Waals surface area contributed by atoms with Gasteiger partial charge in [0.1, 0.15) is 0 Å². The Bertz CT molecular complexity index is 609. The van der Waals surface area contributed by atoms with Crippen LogP contribution in [0.25, 0.3) is 21.2 Å². The zero-order valence-electron chi connectivity index (χ0n) is 8.21. The lowest BCUT2D eigenvalue weighted by Crippen LogP contribution is -1.84. The molecule has 1 aromatic carbocycles. The van der Waals surface area contributed by atoms with Crippen molar-refractivity contribution in [1.82, 2.24) is 14.2 Å². The van der Waals surface area contributed by atoms with Gasteiger partial charge >= 0.3 is 0 Å². The fraction of sp³-hybridized carbons (Fsp3) is 0.0909. The molecular weight excluding hydrogens is 206 g/mol. The lowest BCUT2D eigenvalue weighted by molar-refractivity contribution is 0.768. The van der Waals surface area contributed by atoms with Crippen LogP contribution in [0.4, 0.5) is 0 Å². The van der Waals surface area contributed by atoms with Crippen molar-refractivity contribution in [2.75, 3.05) is 0 Å². The first kappa shape index (κ1) is 8.61. The number of aryl methyl sites for hydroxylation is 1. The van der Waals surface area contributed by atoms with Crippen LogP contribution in [-0.2, 0) is 7.05 Å². The molecule has 0 unspecified atom stereocenters. The molecule has 0 fully saturated rings.